The molecular formula is C9H16N2S2. The third-order valence-electron chi connectivity index (χ3n) is 1.39. The van der Waals surface area contributed by atoms with Crippen LogP contribution < -0.4 is 5.32 Å². The summed E-state index contributed by atoms with van der Waals surface area (Å²) in [6.45, 7) is 7.58. The summed E-state index contributed by atoms with van der Waals surface area (Å²) in [6.07, 6.45) is 1.85. The molecule has 1 rings (SSSR count). The Hall–Kier alpha value is -0.0600. The average Bonchev–Trinajstić information content (AvgIpc) is 2.48. The Labute approximate surface area is 88.2 Å². The minimum atomic E-state index is 0.226. The van der Waals surface area contributed by atoms with Gasteiger partial charge in [-0.1, -0.05) is 11.8 Å². The number of thiazole rings is 1. The van der Waals surface area contributed by atoms with E-state index in [1.54, 1.807) is 11.3 Å². The summed E-state index contributed by atoms with van der Waals surface area (Å²) < 4.78 is 1.16. The Morgan fingerprint density at radius 2 is 2.31 bits per heavy atom. The molecule has 0 fully saturated rings. The zero-order chi connectivity index (χ0) is 9.73. The van der Waals surface area contributed by atoms with Gasteiger partial charge in [0.05, 0.1) is 0 Å². The molecule has 0 amide bonds. The number of rotatable bonds is 4. The van der Waals surface area contributed by atoms with Gasteiger partial charge in [0, 0.05) is 29.4 Å². The van der Waals surface area contributed by atoms with Crippen molar-refractivity contribution in [3.63, 3.8) is 0 Å². The van der Waals surface area contributed by atoms with Crippen LogP contribution in [0.4, 0.5) is 0 Å². The molecule has 0 aliphatic carbocycles. The molecule has 0 aromatic carbocycles. The van der Waals surface area contributed by atoms with Crippen molar-refractivity contribution < 1.29 is 0 Å². The molecule has 0 aliphatic heterocycles. The molecule has 0 aliphatic rings. The predicted molar refractivity (Wildman–Crippen MR) is 60.6 cm³/mol. The first-order valence-corrected chi connectivity index (χ1v) is 6.22. The average molecular weight is 216 g/mol. The second-order valence-electron chi connectivity index (χ2n) is 3.82. The fourth-order valence-corrected chi connectivity index (χ4v) is 2.41. The highest BCUT2D eigenvalue weighted by Crippen LogP contribution is 2.19. The van der Waals surface area contributed by atoms with Crippen LogP contribution in [0.1, 0.15) is 20.8 Å². The normalized spacial score (nSPS) is 11.9. The van der Waals surface area contributed by atoms with Crippen LogP contribution in [0.3, 0.4) is 0 Å². The molecule has 1 aromatic heterocycles. The molecule has 0 saturated carbocycles. The molecule has 0 bridgehead atoms. The van der Waals surface area contributed by atoms with E-state index in [1.807, 2.05) is 23.3 Å². The van der Waals surface area contributed by atoms with E-state index in [0.717, 1.165) is 16.6 Å². The van der Waals surface area contributed by atoms with Gasteiger partial charge in [0.25, 0.3) is 0 Å². The van der Waals surface area contributed by atoms with Gasteiger partial charge >= 0.3 is 0 Å². The molecule has 0 radical (unpaired) electrons. The van der Waals surface area contributed by atoms with Crippen LogP contribution in [0, 0.1) is 0 Å². The van der Waals surface area contributed by atoms with Crippen molar-refractivity contribution in [3.05, 3.63) is 11.6 Å². The molecule has 0 atom stereocenters. The van der Waals surface area contributed by atoms with E-state index in [4.69, 9.17) is 0 Å². The van der Waals surface area contributed by atoms with E-state index >= 15 is 0 Å². The fourth-order valence-electron chi connectivity index (χ4n) is 0.846. The second-order valence-corrected chi connectivity index (χ2v) is 6.06. The van der Waals surface area contributed by atoms with Gasteiger partial charge in [0.15, 0.2) is 0 Å². The smallest absolute Gasteiger partial charge is 0.149 e. The van der Waals surface area contributed by atoms with Crippen molar-refractivity contribution in [1.29, 1.82) is 0 Å². The van der Waals surface area contributed by atoms with Gasteiger partial charge in [-0.05, 0) is 20.8 Å². The molecule has 1 aromatic rings. The van der Waals surface area contributed by atoms with Gasteiger partial charge in [0.1, 0.15) is 4.34 Å². The first-order valence-electron chi connectivity index (χ1n) is 4.35. The number of nitrogens with one attached hydrogen (secondary N) is 1. The molecule has 4 heteroatoms. The zero-order valence-corrected chi connectivity index (χ0v) is 9.97. The summed E-state index contributed by atoms with van der Waals surface area (Å²) in [5.41, 5.74) is 0.226. The van der Waals surface area contributed by atoms with E-state index < -0.39 is 0 Å². The number of hydrogen-bond acceptors (Lipinski definition) is 4. The van der Waals surface area contributed by atoms with Gasteiger partial charge in [0.2, 0.25) is 0 Å². The predicted octanol–water partition coefficient (Wildman–Crippen LogP) is 2.62. The highest BCUT2D eigenvalue weighted by Gasteiger charge is 2.07. The van der Waals surface area contributed by atoms with Crippen LogP contribution in [0.2, 0.25) is 0 Å². The lowest BCUT2D eigenvalue weighted by Gasteiger charge is -2.19. The minimum absolute atomic E-state index is 0.226. The molecule has 2 nitrogen and oxygen atoms in total. The van der Waals surface area contributed by atoms with Gasteiger partial charge in [-0.3, -0.25) is 0 Å². The molecule has 0 saturated heterocycles. The Morgan fingerprint density at radius 1 is 1.54 bits per heavy atom. The molecule has 0 spiro atoms. The number of hydrogen-bond donors (Lipinski definition) is 1. The van der Waals surface area contributed by atoms with E-state index in [0.29, 0.717) is 0 Å². The summed E-state index contributed by atoms with van der Waals surface area (Å²) in [4.78, 5) is 4.20. The second kappa shape index (κ2) is 4.98. The van der Waals surface area contributed by atoms with E-state index in [1.165, 1.54) is 0 Å². The van der Waals surface area contributed by atoms with Crippen LogP contribution >= 0.6 is 23.1 Å². The van der Waals surface area contributed by atoms with Crippen LogP contribution in [0.15, 0.2) is 15.9 Å². The molecule has 1 N–H and O–H groups in total. The highest BCUT2D eigenvalue weighted by molar-refractivity contribution is 8.01. The summed E-state index contributed by atoms with van der Waals surface area (Å²) in [5, 5.41) is 5.45. The van der Waals surface area contributed by atoms with E-state index in [2.05, 4.69) is 31.1 Å². The van der Waals surface area contributed by atoms with Crippen LogP contribution in [-0.2, 0) is 0 Å². The van der Waals surface area contributed by atoms with Gasteiger partial charge in [-0.2, -0.15) is 0 Å². The topological polar surface area (TPSA) is 24.9 Å². The van der Waals surface area contributed by atoms with Gasteiger partial charge in [-0.15, -0.1) is 11.3 Å². The molecule has 74 valence electrons. The Morgan fingerprint density at radius 3 is 2.85 bits per heavy atom. The summed E-state index contributed by atoms with van der Waals surface area (Å²) in [7, 11) is 0. The summed E-state index contributed by atoms with van der Waals surface area (Å²) in [6, 6.07) is 0. The summed E-state index contributed by atoms with van der Waals surface area (Å²) in [5.74, 6) is 1.09. The maximum atomic E-state index is 4.20. The molecular weight excluding hydrogens is 200 g/mol. The minimum Gasteiger partial charge on any atom is -0.311 e. The molecule has 13 heavy (non-hydrogen) atoms. The quantitative estimate of drug-likeness (QED) is 0.618. The van der Waals surface area contributed by atoms with Crippen molar-refractivity contribution in [2.24, 2.45) is 0 Å². The highest BCUT2D eigenvalue weighted by atomic mass is 32.2. The number of aromatic nitrogens is 1. The molecule has 1 heterocycles. The van der Waals surface area contributed by atoms with Crippen LogP contribution in [-0.4, -0.2) is 22.8 Å². The van der Waals surface area contributed by atoms with Crippen molar-refractivity contribution in [1.82, 2.24) is 10.3 Å². The van der Waals surface area contributed by atoms with E-state index in [9.17, 15) is 0 Å². The maximum Gasteiger partial charge on any atom is 0.149 e. The maximum absolute atomic E-state index is 4.20. The third kappa shape index (κ3) is 5.29. The standard InChI is InChI=1S/C9H16N2S2/c1-9(2,3)11-5-7-13-8-10-4-6-12-8/h4,6,11H,5,7H2,1-3H3. The summed E-state index contributed by atoms with van der Waals surface area (Å²) >= 11 is 3.52. The molecule has 0 unspecified atom stereocenters. The lowest BCUT2D eigenvalue weighted by atomic mass is 10.1. The largest absolute Gasteiger partial charge is 0.311 e. The van der Waals surface area contributed by atoms with Gasteiger partial charge in [-0.25, -0.2) is 4.98 Å². The monoisotopic (exact) mass is 216 g/mol. The van der Waals surface area contributed by atoms with Gasteiger partial charge < -0.3 is 5.32 Å². The van der Waals surface area contributed by atoms with Crippen molar-refractivity contribution in [2.45, 2.75) is 30.6 Å². The zero-order valence-electron chi connectivity index (χ0n) is 8.33. The first-order chi connectivity index (χ1) is 6.08. The van der Waals surface area contributed by atoms with Crippen molar-refractivity contribution >= 4 is 23.1 Å². The van der Waals surface area contributed by atoms with E-state index in [-0.39, 0.29) is 5.54 Å². The fraction of sp³-hybridized carbons (Fsp3) is 0.667. The number of thioether (sulfide) groups is 1. The van der Waals surface area contributed by atoms with Crippen LogP contribution in [0.5, 0.6) is 0 Å². The Balaban J connectivity index is 2.09. The third-order valence-corrected chi connectivity index (χ3v) is 3.36. The van der Waals surface area contributed by atoms with Crippen molar-refractivity contribution in [2.75, 3.05) is 12.3 Å². The number of nitrogens with zero attached hydrogens (tertiary/aromatic N) is 1. The lowest BCUT2D eigenvalue weighted by molar-refractivity contribution is 0.441. The Kier molecular flexibility index (Phi) is 4.22. The Bertz CT molecular complexity index is 226. The van der Waals surface area contributed by atoms with Crippen molar-refractivity contribution in [3.8, 4) is 0 Å². The first kappa shape index (κ1) is 11.0. The van der Waals surface area contributed by atoms with Crippen LogP contribution in [0.25, 0.3) is 0 Å². The lowest BCUT2D eigenvalue weighted by Crippen LogP contribution is -2.37. The SMILES string of the molecule is CC(C)(C)NCCSc1nccs1.